The molecule has 0 spiro atoms. The van der Waals surface area contributed by atoms with Crippen molar-refractivity contribution in [2.24, 2.45) is 5.92 Å². The van der Waals surface area contributed by atoms with Gasteiger partial charge in [-0.2, -0.15) is 0 Å². The van der Waals surface area contributed by atoms with Crippen LogP contribution in [0.1, 0.15) is 50.8 Å². The smallest absolute Gasteiger partial charge is 0.407 e. The van der Waals surface area contributed by atoms with Gasteiger partial charge >= 0.3 is 6.09 Å². The van der Waals surface area contributed by atoms with Crippen LogP contribution in [0.5, 0.6) is 0 Å². The van der Waals surface area contributed by atoms with E-state index in [-0.39, 0.29) is 30.3 Å². The van der Waals surface area contributed by atoms with Gasteiger partial charge in [0.25, 0.3) is 0 Å². The molecule has 0 aliphatic carbocycles. The molecule has 13 nitrogen and oxygen atoms in total. The number of hydrogen-bond donors (Lipinski definition) is 5. The van der Waals surface area contributed by atoms with Gasteiger partial charge in [0, 0.05) is 40.3 Å². The van der Waals surface area contributed by atoms with Gasteiger partial charge in [-0.15, -0.1) is 0 Å². The maximum atomic E-state index is 12.6. The van der Waals surface area contributed by atoms with Crippen molar-refractivity contribution in [1.82, 2.24) is 35.9 Å². The van der Waals surface area contributed by atoms with E-state index in [1.807, 2.05) is 36.4 Å². The van der Waals surface area contributed by atoms with E-state index in [9.17, 15) is 14.4 Å². The van der Waals surface area contributed by atoms with E-state index >= 15 is 0 Å². The molecule has 0 aliphatic rings. The molecule has 13 heteroatoms. The first-order chi connectivity index (χ1) is 23.2. The summed E-state index contributed by atoms with van der Waals surface area (Å²) in [6.07, 6.45) is 4.21. The van der Waals surface area contributed by atoms with Crippen molar-refractivity contribution in [3.63, 3.8) is 0 Å². The Morgan fingerprint density at radius 3 is 1.94 bits per heavy atom. The van der Waals surface area contributed by atoms with Gasteiger partial charge in [-0.3, -0.25) is 9.59 Å². The fourth-order valence-electron chi connectivity index (χ4n) is 5.10. The summed E-state index contributed by atoms with van der Waals surface area (Å²) in [5.74, 6) is 1.08. The molecule has 0 fully saturated rings. The number of hydrogen-bond acceptors (Lipinski definition) is 8. The Morgan fingerprint density at radius 1 is 0.771 bits per heavy atom. The van der Waals surface area contributed by atoms with Crippen LogP contribution in [-0.4, -0.2) is 78.4 Å². The number of H-pyrrole nitrogens is 2. The summed E-state index contributed by atoms with van der Waals surface area (Å²) in [6.45, 7) is 5.13. The van der Waals surface area contributed by atoms with Crippen LogP contribution < -0.4 is 16.0 Å². The van der Waals surface area contributed by atoms with Gasteiger partial charge in [-0.05, 0) is 34.6 Å². The van der Waals surface area contributed by atoms with E-state index in [4.69, 9.17) is 9.47 Å². The third-order valence-corrected chi connectivity index (χ3v) is 7.81. The zero-order valence-electron chi connectivity index (χ0n) is 28.1. The van der Waals surface area contributed by atoms with E-state index in [0.29, 0.717) is 38.3 Å². The molecular weight excluding hydrogens is 614 g/mol. The third-order valence-electron chi connectivity index (χ3n) is 7.81. The number of aromatic nitrogens is 4. The van der Waals surface area contributed by atoms with Gasteiger partial charge in [0.15, 0.2) is 0 Å². The molecular formula is C35H45N7O6. The molecule has 256 valence electrons. The van der Waals surface area contributed by atoms with Crippen molar-refractivity contribution in [1.29, 1.82) is 0 Å². The lowest BCUT2D eigenvalue weighted by Gasteiger charge is -2.20. The van der Waals surface area contributed by atoms with Crippen LogP contribution in [0.2, 0.25) is 0 Å². The average Bonchev–Trinajstić information content (AvgIpc) is 3.79. The molecule has 0 radical (unpaired) electrons. The highest BCUT2D eigenvalue weighted by Gasteiger charge is 2.22. The largest absolute Gasteiger partial charge is 0.453 e. The lowest BCUT2D eigenvalue weighted by atomic mass is 10.0. The lowest BCUT2D eigenvalue weighted by Crippen LogP contribution is -2.47. The van der Waals surface area contributed by atoms with Gasteiger partial charge in [0.1, 0.15) is 17.7 Å². The van der Waals surface area contributed by atoms with Gasteiger partial charge in [0.05, 0.1) is 43.5 Å². The Morgan fingerprint density at radius 2 is 1.35 bits per heavy atom. The molecule has 2 heterocycles. The summed E-state index contributed by atoms with van der Waals surface area (Å²) in [5.41, 5.74) is 5.74. The van der Waals surface area contributed by atoms with E-state index in [0.717, 1.165) is 39.5 Å². The van der Waals surface area contributed by atoms with Gasteiger partial charge in [0.2, 0.25) is 11.8 Å². The second-order valence-corrected chi connectivity index (χ2v) is 11.7. The molecule has 2 unspecified atom stereocenters. The first kappa shape index (κ1) is 35.8. The Bertz CT molecular complexity index is 1610. The van der Waals surface area contributed by atoms with Crippen LogP contribution >= 0.6 is 0 Å². The average molecular weight is 660 g/mol. The molecule has 0 saturated heterocycles. The molecule has 4 aromatic rings. The summed E-state index contributed by atoms with van der Waals surface area (Å²) in [7, 11) is 4.40. The highest BCUT2D eigenvalue weighted by Crippen LogP contribution is 2.28. The van der Waals surface area contributed by atoms with Crippen molar-refractivity contribution in [2.75, 3.05) is 34.5 Å². The molecule has 2 aromatic heterocycles. The molecule has 2 atom stereocenters. The highest BCUT2D eigenvalue weighted by atomic mass is 16.5. The summed E-state index contributed by atoms with van der Waals surface area (Å²) >= 11 is 0. The SMILES string of the molecule is COCCCC(=O)NC(c1ncc(-c2ccc(-c3ccc(-c4cnc(CNC(=O)C(CCOC)NC(=O)OC)[nH]4)cc3)cc2)[nH]1)C(C)C. The Balaban J connectivity index is 1.35. The normalized spacial score (nSPS) is 12.4. The molecule has 2 aromatic carbocycles. The first-order valence-electron chi connectivity index (χ1n) is 15.9. The number of carbonyl (C=O) groups is 3. The van der Waals surface area contributed by atoms with Crippen LogP contribution in [0.15, 0.2) is 60.9 Å². The first-order valence-corrected chi connectivity index (χ1v) is 15.9. The van der Waals surface area contributed by atoms with E-state index < -0.39 is 12.1 Å². The molecule has 0 bridgehead atoms. The molecule has 3 amide bonds. The number of alkyl carbamates (subject to hydrolysis) is 1. The number of benzene rings is 2. The predicted octanol–water partition coefficient (Wildman–Crippen LogP) is 4.75. The number of carbonyl (C=O) groups excluding carboxylic acids is 3. The Labute approximate surface area is 280 Å². The minimum atomic E-state index is -0.793. The second kappa shape index (κ2) is 17.8. The number of imidazole rings is 2. The number of amides is 3. The van der Waals surface area contributed by atoms with Gasteiger partial charge < -0.3 is 40.1 Å². The van der Waals surface area contributed by atoms with E-state index in [1.54, 1.807) is 19.5 Å². The quantitative estimate of drug-likeness (QED) is 0.101. The molecule has 0 aliphatic heterocycles. The Hall–Kier alpha value is -5.01. The van der Waals surface area contributed by atoms with Crippen LogP contribution in [0.4, 0.5) is 4.79 Å². The number of aromatic amines is 2. The van der Waals surface area contributed by atoms with Crippen LogP contribution in [-0.2, 0) is 30.3 Å². The molecule has 48 heavy (non-hydrogen) atoms. The molecule has 4 rings (SSSR count). The van der Waals surface area contributed by atoms with Crippen molar-refractivity contribution in [3.05, 3.63) is 72.6 Å². The van der Waals surface area contributed by atoms with Gasteiger partial charge in [-0.1, -0.05) is 62.4 Å². The fourth-order valence-corrected chi connectivity index (χ4v) is 5.10. The zero-order valence-corrected chi connectivity index (χ0v) is 28.1. The number of ether oxygens (including phenoxy) is 3. The summed E-state index contributed by atoms with van der Waals surface area (Å²) in [4.78, 5) is 52.3. The predicted molar refractivity (Wildman–Crippen MR) is 182 cm³/mol. The Kier molecular flexibility index (Phi) is 13.3. The lowest BCUT2D eigenvalue weighted by molar-refractivity contribution is -0.124. The number of nitrogens with one attached hydrogen (secondary N) is 5. The standard InChI is InChI=1S/C35H45N7O6/c1-22(2)32(42-31(43)7-6-17-46-3)33-37-20-29(40-33)26-14-10-24(11-15-26)23-8-12-25(13-9-23)28-19-36-30(39-28)21-38-34(44)27(16-18-47-4)41-35(45)48-5/h8-15,19-20,22,27,32H,6-7,16-18,21H2,1-5H3,(H,36,39)(H,37,40)(H,38,44)(H,41,45)(H,42,43). The number of rotatable bonds is 17. The minimum Gasteiger partial charge on any atom is -0.453 e. The van der Waals surface area contributed by atoms with Crippen LogP contribution in [0, 0.1) is 5.92 Å². The van der Waals surface area contributed by atoms with Crippen LogP contribution in [0.3, 0.4) is 0 Å². The zero-order chi connectivity index (χ0) is 34.5. The van der Waals surface area contributed by atoms with Gasteiger partial charge in [-0.25, -0.2) is 14.8 Å². The topological polar surface area (TPSA) is 172 Å². The van der Waals surface area contributed by atoms with Crippen molar-refractivity contribution >= 4 is 17.9 Å². The molecule has 0 saturated carbocycles. The summed E-state index contributed by atoms with van der Waals surface area (Å²) in [6, 6.07) is 15.3. The van der Waals surface area contributed by atoms with E-state index in [1.165, 1.54) is 14.2 Å². The summed E-state index contributed by atoms with van der Waals surface area (Å²) in [5, 5.41) is 8.41. The van der Waals surface area contributed by atoms with Crippen molar-refractivity contribution in [3.8, 4) is 33.6 Å². The fraction of sp³-hybridized carbons (Fsp3) is 0.400. The van der Waals surface area contributed by atoms with Crippen molar-refractivity contribution < 1.29 is 28.6 Å². The summed E-state index contributed by atoms with van der Waals surface area (Å²) < 4.78 is 14.7. The third kappa shape index (κ3) is 9.99. The van der Waals surface area contributed by atoms with E-state index in [2.05, 4.69) is 66.6 Å². The highest BCUT2D eigenvalue weighted by molar-refractivity contribution is 5.85. The minimum absolute atomic E-state index is 0.0190. The second-order valence-electron chi connectivity index (χ2n) is 11.7. The molecule has 5 N–H and O–H groups in total. The number of nitrogens with zero attached hydrogens (tertiary/aromatic N) is 2. The number of methoxy groups -OCH3 is 3. The van der Waals surface area contributed by atoms with Crippen molar-refractivity contribution in [2.45, 2.75) is 51.7 Å². The maximum Gasteiger partial charge on any atom is 0.407 e. The van der Waals surface area contributed by atoms with Crippen LogP contribution in [0.25, 0.3) is 33.6 Å². The monoisotopic (exact) mass is 659 g/mol. The maximum absolute atomic E-state index is 12.6.